The average Bonchev–Trinajstić information content (AvgIpc) is 2.35. The molecule has 0 amide bonds. The van der Waals surface area contributed by atoms with Crippen molar-refractivity contribution in [3.05, 3.63) is 28.0 Å². The number of carbonyl (C=O) groups is 1. The Bertz CT molecular complexity index is 448. The van der Waals surface area contributed by atoms with Crippen LogP contribution in [0.15, 0.2) is 12.1 Å². The van der Waals surface area contributed by atoms with E-state index in [4.69, 9.17) is 33.7 Å². The van der Waals surface area contributed by atoms with E-state index < -0.39 is 0 Å². The monoisotopic (exact) mass is 302 g/mol. The summed E-state index contributed by atoms with van der Waals surface area (Å²) in [5.74, 6) is -0.433. The Balaban J connectivity index is 1.92. The minimum Gasteiger partial charge on any atom is -0.461 e. The van der Waals surface area contributed by atoms with Crippen molar-refractivity contribution in [2.75, 3.05) is 0 Å². The number of carbonyl (C=O) groups excluding carboxylic acids is 1. The first-order valence-electron chi connectivity index (χ1n) is 6.30. The van der Waals surface area contributed by atoms with Crippen LogP contribution in [-0.4, -0.2) is 17.0 Å². The number of aromatic nitrogens is 1. The Morgan fingerprint density at radius 3 is 2.58 bits per heavy atom. The Kier molecular flexibility index (Phi) is 5.02. The van der Waals surface area contributed by atoms with Gasteiger partial charge >= 0.3 is 5.97 Å². The molecule has 2 atom stereocenters. The fourth-order valence-corrected chi connectivity index (χ4v) is 2.82. The largest absolute Gasteiger partial charge is 0.461 e. The third-order valence-corrected chi connectivity index (χ3v) is 3.71. The number of esters is 1. The Hall–Kier alpha value is -0.840. The van der Waals surface area contributed by atoms with Crippen molar-refractivity contribution in [1.82, 2.24) is 4.98 Å². The predicted molar refractivity (Wildman–Crippen MR) is 74.0 cm³/mol. The van der Waals surface area contributed by atoms with Gasteiger partial charge in [0.25, 0.3) is 0 Å². The van der Waals surface area contributed by atoms with Gasteiger partial charge in [-0.2, -0.15) is 0 Å². The number of halogens is 2. The number of rotatable bonds is 3. The number of hydrogen-bond donors (Lipinski definition) is 1. The summed E-state index contributed by atoms with van der Waals surface area (Å²) in [5.41, 5.74) is 6.67. The molecule has 4 nitrogen and oxygen atoms in total. The second-order valence-electron chi connectivity index (χ2n) is 4.78. The van der Waals surface area contributed by atoms with E-state index in [1.165, 1.54) is 0 Å². The van der Waals surface area contributed by atoms with Crippen LogP contribution in [0, 0.1) is 5.92 Å². The van der Waals surface area contributed by atoms with E-state index in [1.807, 2.05) is 0 Å². The second kappa shape index (κ2) is 6.55. The zero-order valence-corrected chi connectivity index (χ0v) is 12.0. The lowest BCUT2D eigenvalue weighted by atomic mass is 9.85. The fraction of sp³-hybridized carbons (Fsp3) is 0.538. The van der Waals surface area contributed by atoms with Gasteiger partial charge in [-0.3, -0.25) is 4.79 Å². The summed E-state index contributed by atoms with van der Waals surface area (Å²) in [4.78, 5) is 15.8. The van der Waals surface area contributed by atoms with Crippen LogP contribution in [0.5, 0.6) is 0 Å². The zero-order valence-electron chi connectivity index (χ0n) is 10.4. The summed E-state index contributed by atoms with van der Waals surface area (Å²) in [5, 5.41) is 0.570. The minimum atomic E-state index is -0.240. The van der Waals surface area contributed by atoms with E-state index in [9.17, 15) is 4.79 Å². The Labute approximate surface area is 122 Å². The highest BCUT2D eigenvalue weighted by Crippen LogP contribution is 2.24. The molecule has 0 radical (unpaired) electrons. The highest BCUT2D eigenvalue weighted by molar-refractivity contribution is 6.32. The van der Waals surface area contributed by atoms with Gasteiger partial charge in [0.15, 0.2) is 0 Å². The zero-order chi connectivity index (χ0) is 13.8. The van der Waals surface area contributed by atoms with Gasteiger partial charge in [-0.25, -0.2) is 4.98 Å². The molecular weight excluding hydrogens is 287 g/mol. The lowest BCUT2D eigenvalue weighted by Crippen LogP contribution is -2.38. The molecule has 0 aliphatic heterocycles. The first kappa shape index (κ1) is 14.6. The van der Waals surface area contributed by atoms with E-state index in [0.29, 0.717) is 0 Å². The summed E-state index contributed by atoms with van der Waals surface area (Å²) in [6.07, 6.45) is 3.80. The number of nitrogens with zero attached hydrogens (tertiary/aromatic N) is 1. The maximum atomic E-state index is 12.0. The standard InChI is InChI=1S/C13H16Cl2N2O2/c14-11-5-8(6-12(15)17-11)7-19-13(18)9-3-1-2-4-10(9)16/h5-6,9-10H,1-4,7,16H2/t9-,10+/m1/s1. The van der Waals surface area contributed by atoms with Crippen LogP contribution in [0.4, 0.5) is 0 Å². The average molecular weight is 303 g/mol. The van der Waals surface area contributed by atoms with E-state index in [-0.39, 0.29) is 34.8 Å². The number of hydrogen-bond acceptors (Lipinski definition) is 4. The van der Waals surface area contributed by atoms with Crippen LogP contribution in [0.2, 0.25) is 10.3 Å². The summed E-state index contributed by atoms with van der Waals surface area (Å²) in [6.45, 7) is 0.143. The van der Waals surface area contributed by atoms with Crippen molar-refractivity contribution < 1.29 is 9.53 Å². The molecule has 6 heteroatoms. The van der Waals surface area contributed by atoms with Crippen molar-refractivity contribution in [2.45, 2.75) is 38.3 Å². The molecule has 1 fully saturated rings. The second-order valence-corrected chi connectivity index (χ2v) is 5.56. The molecule has 1 saturated carbocycles. The summed E-state index contributed by atoms with van der Waals surface area (Å²) in [6, 6.07) is 3.16. The van der Waals surface area contributed by atoms with Crippen LogP contribution < -0.4 is 5.73 Å². The lowest BCUT2D eigenvalue weighted by Gasteiger charge is -2.26. The van der Waals surface area contributed by atoms with E-state index in [1.54, 1.807) is 12.1 Å². The first-order chi connectivity index (χ1) is 9.06. The molecule has 0 aromatic carbocycles. The van der Waals surface area contributed by atoms with Crippen molar-refractivity contribution in [1.29, 1.82) is 0 Å². The van der Waals surface area contributed by atoms with Crippen LogP contribution in [0.1, 0.15) is 31.2 Å². The molecule has 0 unspecified atom stereocenters. The molecule has 19 heavy (non-hydrogen) atoms. The molecule has 1 aliphatic carbocycles. The highest BCUT2D eigenvalue weighted by atomic mass is 35.5. The van der Waals surface area contributed by atoms with Crippen molar-refractivity contribution in [2.24, 2.45) is 11.7 Å². The highest BCUT2D eigenvalue weighted by Gasteiger charge is 2.29. The molecule has 0 saturated heterocycles. The topological polar surface area (TPSA) is 65.2 Å². The first-order valence-corrected chi connectivity index (χ1v) is 7.06. The van der Waals surface area contributed by atoms with E-state index in [0.717, 1.165) is 31.2 Å². The third kappa shape index (κ3) is 4.06. The van der Waals surface area contributed by atoms with E-state index >= 15 is 0 Å². The fourth-order valence-electron chi connectivity index (χ4n) is 2.31. The van der Waals surface area contributed by atoms with E-state index in [2.05, 4.69) is 4.98 Å². The SMILES string of the molecule is N[C@H]1CCCC[C@H]1C(=O)OCc1cc(Cl)nc(Cl)c1. The third-order valence-electron chi connectivity index (χ3n) is 3.33. The van der Waals surface area contributed by atoms with Gasteiger partial charge in [0.2, 0.25) is 0 Å². The molecule has 104 valence electrons. The van der Waals surface area contributed by atoms with Crippen LogP contribution in [-0.2, 0) is 16.1 Å². The number of nitrogens with two attached hydrogens (primary N) is 1. The molecule has 1 aliphatic rings. The van der Waals surface area contributed by atoms with Crippen molar-refractivity contribution in [3.8, 4) is 0 Å². The molecule has 0 bridgehead atoms. The Morgan fingerprint density at radius 2 is 1.95 bits per heavy atom. The van der Waals surface area contributed by atoms with Crippen LogP contribution in [0.25, 0.3) is 0 Å². The van der Waals surface area contributed by atoms with Gasteiger partial charge in [0, 0.05) is 6.04 Å². The predicted octanol–water partition coefficient (Wildman–Crippen LogP) is 2.95. The number of ether oxygens (including phenoxy) is 1. The van der Waals surface area contributed by atoms with Crippen molar-refractivity contribution >= 4 is 29.2 Å². The maximum absolute atomic E-state index is 12.0. The minimum absolute atomic E-state index is 0.0918. The number of pyridine rings is 1. The molecule has 0 spiro atoms. The molecule has 2 N–H and O–H groups in total. The summed E-state index contributed by atoms with van der Waals surface area (Å²) < 4.78 is 5.28. The lowest BCUT2D eigenvalue weighted by molar-refractivity contribution is -0.151. The maximum Gasteiger partial charge on any atom is 0.310 e. The normalized spacial score (nSPS) is 23.1. The smallest absolute Gasteiger partial charge is 0.310 e. The molecule has 1 heterocycles. The molecule has 2 rings (SSSR count). The van der Waals surface area contributed by atoms with Gasteiger partial charge < -0.3 is 10.5 Å². The molecule has 1 aromatic rings. The van der Waals surface area contributed by atoms with Gasteiger partial charge in [0.1, 0.15) is 16.9 Å². The quantitative estimate of drug-likeness (QED) is 0.688. The van der Waals surface area contributed by atoms with Crippen LogP contribution >= 0.6 is 23.2 Å². The van der Waals surface area contributed by atoms with Crippen LogP contribution in [0.3, 0.4) is 0 Å². The van der Waals surface area contributed by atoms with Gasteiger partial charge in [-0.15, -0.1) is 0 Å². The molecule has 1 aromatic heterocycles. The van der Waals surface area contributed by atoms with Gasteiger partial charge in [0.05, 0.1) is 5.92 Å². The van der Waals surface area contributed by atoms with Gasteiger partial charge in [-0.1, -0.05) is 36.0 Å². The molecular formula is C13H16Cl2N2O2. The van der Waals surface area contributed by atoms with Gasteiger partial charge in [-0.05, 0) is 30.5 Å². The summed E-state index contributed by atoms with van der Waals surface area (Å²) >= 11 is 11.6. The Morgan fingerprint density at radius 1 is 1.32 bits per heavy atom. The van der Waals surface area contributed by atoms with Crippen molar-refractivity contribution in [3.63, 3.8) is 0 Å². The summed E-state index contributed by atoms with van der Waals surface area (Å²) in [7, 11) is 0.